The molecule has 1 saturated carbocycles. The van der Waals surface area contributed by atoms with Crippen molar-refractivity contribution in [1.29, 1.82) is 0 Å². The molecule has 16 heavy (non-hydrogen) atoms. The molecule has 2 rings (SSSR count). The zero-order chi connectivity index (χ0) is 12.0. The van der Waals surface area contributed by atoms with E-state index in [0.29, 0.717) is 19.5 Å². The zero-order valence-corrected chi connectivity index (χ0v) is 10.7. The molecule has 0 radical (unpaired) electrons. The Hall–Kier alpha value is -0.420. The number of rotatable bonds is 2. The van der Waals surface area contributed by atoms with Crippen LogP contribution < -0.4 is 0 Å². The molecule has 1 heterocycles. The SMILES string of the molecule is CC1(C)CN(S(=O)(=O)C2CCC2)CCC1=O. The van der Waals surface area contributed by atoms with Crippen molar-refractivity contribution in [3.63, 3.8) is 0 Å². The second kappa shape index (κ2) is 3.81. The first kappa shape index (κ1) is 12.0. The highest BCUT2D eigenvalue weighted by Crippen LogP contribution is 2.33. The van der Waals surface area contributed by atoms with E-state index in [1.165, 1.54) is 4.31 Å². The first-order valence-electron chi connectivity index (χ1n) is 5.86. The van der Waals surface area contributed by atoms with Crippen LogP contribution in [-0.2, 0) is 14.8 Å². The van der Waals surface area contributed by atoms with Crippen LogP contribution in [0, 0.1) is 5.41 Å². The highest BCUT2D eigenvalue weighted by atomic mass is 32.2. The third kappa shape index (κ3) is 1.91. The molecule has 0 amide bonds. The number of hydrogen-bond donors (Lipinski definition) is 0. The van der Waals surface area contributed by atoms with Gasteiger partial charge in [0.15, 0.2) is 0 Å². The summed E-state index contributed by atoms with van der Waals surface area (Å²) in [6, 6.07) is 0. The minimum absolute atomic E-state index is 0.174. The molecule has 0 aromatic carbocycles. The number of nitrogens with zero attached hydrogens (tertiary/aromatic N) is 1. The Balaban J connectivity index is 2.14. The lowest BCUT2D eigenvalue weighted by Crippen LogP contribution is -2.52. The molecule has 4 nitrogen and oxygen atoms in total. The number of hydrogen-bond acceptors (Lipinski definition) is 3. The Morgan fingerprint density at radius 3 is 2.38 bits per heavy atom. The summed E-state index contributed by atoms with van der Waals surface area (Å²) in [5, 5.41) is -0.184. The maximum absolute atomic E-state index is 12.2. The molecular weight excluding hydrogens is 226 g/mol. The quantitative estimate of drug-likeness (QED) is 0.734. The molecule has 0 unspecified atom stereocenters. The fourth-order valence-electron chi connectivity index (χ4n) is 2.27. The normalized spacial score (nSPS) is 27.8. The molecule has 0 bridgehead atoms. The zero-order valence-electron chi connectivity index (χ0n) is 9.90. The maximum Gasteiger partial charge on any atom is 0.217 e. The summed E-state index contributed by atoms with van der Waals surface area (Å²) in [6.45, 7) is 4.39. The number of sulfonamides is 1. The summed E-state index contributed by atoms with van der Waals surface area (Å²) in [4.78, 5) is 11.6. The number of carbonyl (C=O) groups excluding carboxylic acids is 1. The van der Waals surface area contributed by atoms with E-state index in [4.69, 9.17) is 0 Å². The second-order valence-corrected chi connectivity index (χ2v) is 7.70. The smallest absolute Gasteiger partial charge is 0.217 e. The largest absolute Gasteiger partial charge is 0.299 e. The van der Waals surface area contributed by atoms with Crippen molar-refractivity contribution in [2.45, 2.75) is 44.8 Å². The monoisotopic (exact) mass is 245 g/mol. The van der Waals surface area contributed by atoms with Gasteiger partial charge in [-0.3, -0.25) is 4.79 Å². The van der Waals surface area contributed by atoms with E-state index in [2.05, 4.69) is 0 Å². The fourth-order valence-corrected chi connectivity index (χ4v) is 4.47. The molecule has 5 heteroatoms. The van der Waals surface area contributed by atoms with Gasteiger partial charge in [-0.2, -0.15) is 0 Å². The number of carbonyl (C=O) groups is 1. The average Bonchev–Trinajstić information content (AvgIpc) is 2.05. The molecule has 0 aromatic rings. The van der Waals surface area contributed by atoms with Crippen LogP contribution in [0.5, 0.6) is 0 Å². The first-order valence-corrected chi connectivity index (χ1v) is 7.37. The van der Waals surface area contributed by atoms with Crippen LogP contribution in [0.1, 0.15) is 39.5 Å². The van der Waals surface area contributed by atoms with Crippen LogP contribution in [-0.4, -0.2) is 36.8 Å². The van der Waals surface area contributed by atoms with Crippen molar-refractivity contribution < 1.29 is 13.2 Å². The van der Waals surface area contributed by atoms with Crippen molar-refractivity contribution in [3.8, 4) is 0 Å². The van der Waals surface area contributed by atoms with Gasteiger partial charge in [-0.1, -0.05) is 20.3 Å². The fraction of sp³-hybridized carbons (Fsp3) is 0.909. The lowest BCUT2D eigenvalue weighted by atomic mass is 9.84. The lowest BCUT2D eigenvalue weighted by molar-refractivity contribution is -0.129. The highest BCUT2D eigenvalue weighted by molar-refractivity contribution is 7.89. The van der Waals surface area contributed by atoms with Gasteiger partial charge in [-0.15, -0.1) is 0 Å². The van der Waals surface area contributed by atoms with Gasteiger partial charge in [0.05, 0.1) is 5.25 Å². The first-order chi connectivity index (χ1) is 7.34. The maximum atomic E-state index is 12.2. The van der Waals surface area contributed by atoms with Crippen molar-refractivity contribution in [3.05, 3.63) is 0 Å². The Labute approximate surface area is 97.1 Å². The molecule has 0 N–H and O–H groups in total. The molecule has 1 aliphatic carbocycles. The summed E-state index contributed by atoms with van der Waals surface area (Å²) >= 11 is 0. The van der Waals surface area contributed by atoms with E-state index in [1.54, 1.807) is 0 Å². The van der Waals surface area contributed by atoms with Crippen LogP contribution >= 0.6 is 0 Å². The van der Waals surface area contributed by atoms with Crippen LogP contribution in [0.2, 0.25) is 0 Å². The number of Topliss-reactive ketones (excluding diaryl/α,β-unsaturated/α-hetero) is 1. The topological polar surface area (TPSA) is 54.5 Å². The Bertz CT molecular complexity index is 395. The van der Waals surface area contributed by atoms with Gasteiger partial charge < -0.3 is 0 Å². The molecule has 0 aromatic heterocycles. The summed E-state index contributed by atoms with van der Waals surface area (Å²) < 4.78 is 25.9. The average molecular weight is 245 g/mol. The molecule has 1 aliphatic heterocycles. The molecule has 2 fully saturated rings. The van der Waals surface area contributed by atoms with Crippen molar-refractivity contribution in [2.24, 2.45) is 5.41 Å². The Kier molecular flexibility index (Phi) is 2.87. The molecular formula is C11H19NO3S. The standard InChI is InChI=1S/C11H19NO3S/c1-11(2)8-12(7-6-10(11)13)16(14,15)9-4-3-5-9/h9H,3-8H2,1-2H3. The van der Waals surface area contributed by atoms with Gasteiger partial charge >= 0.3 is 0 Å². The van der Waals surface area contributed by atoms with Gasteiger partial charge in [0.1, 0.15) is 5.78 Å². The summed E-state index contributed by atoms with van der Waals surface area (Å²) in [7, 11) is -3.14. The Morgan fingerprint density at radius 2 is 1.94 bits per heavy atom. The number of piperidine rings is 1. The second-order valence-electron chi connectivity index (χ2n) is 5.49. The highest BCUT2D eigenvalue weighted by Gasteiger charge is 2.43. The minimum Gasteiger partial charge on any atom is -0.299 e. The Morgan fingerprint density at radius 1 is 1.31 bits per heavy atom. The van der Waals surface area contributed by atoms with Crippen molar-refractivity contribution in [1.82, 2.24) is 4.31 Å². The molecule has 0 spiro atoms. The van der Waals surface area contributed by atoms with Crippen molar-refractivity contribution in [2.75, 3.05) is 13.1 Å². The third-order valence-corrected chi connectivity index (χ3v) is 6.09. The molecule has 2 aliphatic rings. The van der Waals surface area contributed by atoms with Gasteiger partial charge in [0.25, 0.3) is 0 Å². The van der Waals surface area contributed by atoms with Crippen LogP contribution in [0.3, 0.4) is 0 Å². The van der Waals surface area contributed by atoms with Crippen LogP contribution in [0.4, 0.5) is 0 Å². The van der Waals surface area contributed by atoms with Gasteiger partial charge in [-0.05, 0) is 12.8 Å². The van der Waals surface area contributed by atoms with E-state index in [1.807, 2.05) is 13.8 Å². The predicted octanol–water partition coefficient (Wildman–Crippen LogP) is 1.17. The van der Waals surface area contributed by atoms with E-state index < -0.39 is 15.4 Å². The minimum atomic E-state index is -3.14. The van der Waals surface area contributed by atoms with E-state index in [-0.39, 0.29) is 11.0 Å². The molecule has 92 valence electrons. The molecule has 1 saturated heterocycles. The van der Waals surface area contributed by atoms with E-state index in [0.717, 1.165) is 19.3 Å². The van der Waals surface area contributed by atoms with Gasteiger partial charge in [0.2, 0.25) is 10.0 Å². The van der Waals surface area contributed by atoms with Crippen LogP contribution in [0.15, 0.2) is 0 Å². The molecule has 0 atom stereocenters. The summed E-state index contributed by atoms with van der Waals surface area (Å²) in [6.07, 6.45) is 2.94. The van der Waals surface area contributed by atoms with Crippen molar-refractivity contribution >= 4 is 15.8 Å². The van der Waals surface area contributed by atoms with E-state index in [9.17, 15) is 13.2 Å². The van der Waals surface area contributed by atoms with Gasteiger partial charge in [0, 0.05) is 24.9 Å². The van der Waals surface area contributed by atoms with Crippen LogP contribution in [0.25, 0.3) is 0 Å². The number of ketones is 1. The van der Waals surface area contributed by atoms with E-state index >= 15 is 0 Å². The lowest BCUT2D eigenvalue weighted by Gasteiger charge is -2.39. The summed E-state index contributed by atoms with van der Waals surface area (Å²) in [5.41, 5.74) is -0.519. The van der Waals surface area contributed by atoms with Gasteiger partial charge in [-0.25, -0.2) is 12.7 Å². The predicted molar refractivity (Wildman–Crippen MR) is 61.5 cm³/mol. The summed E-state index contributed by atoms with van der Waals surface area (Å²) in [5.74, 6) is 0.174. The third-order valence-electron chi connectivity index (χ3n) is 3.75.